The molecule has 0 heterocycles. The Morgan fingerprint density at radius 3 is 1.88 bits per heavy atom. The second-order valence-corrected chi connectivity index (χ2v) is 10.6. The van der Waals surface area contributed by atoms with Gasteiger partial charge in [0.1, 0.15) is 12.1 Å². The number of aliphatic carboxylic acids is 3. The molecule has 14 nitrogen and oxygen atoms in total. The minimum absolute atomic E-state index is 0.0172. The highest BCUT2D eigenvalue weighted by Gasteiger charge is 2.30. The maximum atomic E-state index is 12.8. The van der Waals surface area contributed by atoms with Crippen LogP contribution in [0.25, 0.3) is 0 Å². The Labute approximate surface area is 239 Å². The van der Waals surface area contributed by atoms with E-state index < -0.39 is 53.6 Å². The summed E-state index contributed by atoms with van der Waals surface area (Å²) in [6, 6.07) is -2.38. The average molecular weight is 585 g/mol. The highest BCUT2D eigenvalue weighted by Crippen LogP contribution is 2.29. The third kappa shape index (κ3) is 15.0. The smallest absolute Gasteiger partial charge is 0.326 e. The number of nitrogens with one attached hydrogen (secondary N) is 4. The van der Waals surface area contributed by atoms with Gasteiger partial charge in [0.05, 0.1) is 0 Å². The Morgan fingerprint density at radius 2 is 1.32 bits per heavy atom. The van der Waals surface area contributed by atoms with Crippen molar-refractivity contribution in [3.63, 3.8) is 0 Å². The number of carbonyl (C=O) groups is 7. The lowest BCUT2D eigenvalue weighted by Crippen LogP contribution is -2.48. The Bertz CT molecular complexity index is 933. The van der Waals surface area contributed by atoms with Crippen molar-refractivity contribution >= 4 is 41.5 Å². The van der Waals surface area contributed by atoms with E-state index in [9.17, 15) is 38.7 Å². The molecule has 1 aliphatic carbocycles. The van der Waals surface area contributed by atoms with Crippen molar-refractivity contribution < 1.29 is 48.9 Å². The molecular formula is C27H44N4O10. The SMILES string of the molecule is CCNC(=O)C(CCC(=O)O)NC(=O)CCC(NC(=O)C1CCC(CNC(=O)CC(C)CCC(=O)O)CC1)C(=O)O. The second-order valence-electron chi connectivity index (χ2n) is 10.6. The lowest BCUT2D eigenvalue weighted by Gasteiger charge is -2.29. The first-order valence-corrected chi connectivity index (χ1v) is 14.1. The Balaban J connectivity index is 2.48. The van der Waals surface area contributed by atoms with Gasteiger partial charge in [-0.15, -0.1) is 0 Å². The fourth-order valence-electron chi connectivity index (χ4n) is 4.67. The van der Waals surface area contributed by atoms with Gasteiger partial charge in [0.25, 0.3) is 0 Å². The Kier molecular flexibility index (Phi) is 16.0. The monoisotopic (exact) mass is 584 g/mol. The van der Waals surface area contributed by atoms with E-state index in [2.05, 4.69) is 21.3 Å². The third-order valence-electron chi connectivity index (χ3n) is 7.11. The number of carbonyl (C=O) groups excluding carboxylic acids is 4. The van der Waals surface area contributed by atoms with Gasteiger partial charge < -0.3 is 36.6 Å². The predicted octanol–water partition coefficient (Wildman–Crippen LogP) is 0.635. The maximum absolute atomic E-state index is 12.8. The molecule has 1 rings (SSSR count). The zero-order valence-electron chi connectivity index (χ0n) is 23.8. The van der Waals surface area contributed by atoms with E-state index in [1.807, 2.05) is 6.92 Å². The summed E-state index contributed by atoms with van der Waals surface area (Å²) in [5.41, 5.74) is 0. The molecule has 1 fully saturated rings. The van der Waals surface area contributed by atoms with Crippen molar-refractivity contribution in [2.24, 2.45) is 17.8 Å². The number of likely N-dealkylation sites (N-methyl/N-ethyl adjacent to an activating group) is 1. The average Bonchev–Trinajstić information content (AvgIpc) is 2.90. The minimum atomic E-state index is -1.31. The number of rotatable bonds is 19. The molecule has 1 aliphatic rings. The molecule has 0 spiro atoms. The van der Waals surface area contributed by atoms with Crippen LogP contribution < -0.4 is 21.3 Å². The van der Waals surface area contributed by atoms with Gasteiger partial charge in [0.15, 0.2) is 0 Å². The molecule has 0 bridgehead atoms. The van der Waals surface area contributed by atoms with Crippen LogP contribution in [-0.4, -0.2) is 82.0 Å². The summed E-state index contributed by atoms with van der Waals surface area (Å²) in [5, 5.41) is 37.5. The van der Waals surface area contributed by atoms with E-state index in [0.29, 0.717) is 38.6 Å². The van der Waals surface area contributed by atoms with Crippen LogP contribution in [0.1, 0.15) is 84.5 Å². The molecule has 7 N–H and O–H groups in total. The summed E-state index contributed by atoms with van der Waals surface area (Å²) in [6.07, 6.45) is 2.12. The predicted molar refractivity (Wildman–Crippen MR) is 145 cm³/mol. The summed E-state index contributed by atoms with van der Waals surface area (Å²) in [7, 11) is 0. The van der Waals surface area contributed by atoms with E-state index in [-0.39, 0.29) is 62.8 Å². The quantitative estimate of drug-likeness (QED) is 0.112. The van der Waals surface area contributed by atoms with Crippen LogP contribution in [0.5, 0.6) is 0 Å². The molecule has 0 aliphatic heterocycles. The highest BCUT2D eigenvalue weighted by molar-refractivity contribution is 5.89. The van der Waals surface area contributed by atoms with Gasteiger partial charge in [-0.2, -0.15) is 0 Å². The van der Waals surface area contributed by atoms with E-state index in [0.717, 1.165) is 0 Å². The van der Waals surface area contributed by atoms with Crippen molar-refractivity contribution in [2.45, 2.75) is 96.6 Å². The molecule has 0 saturated heterocycles. The molecule has 0 aromatic carbocycles. The van der Waals surface area contributed by atoms with Gasteiger partial charge in [-0.25, -0.2) is 4.79 Å². The molecule has 0 radical (unpaired) electrons. The summed E-state index contributed by atoms with van der Waals surface area (Å²) in [4.78, 5) is 82.7. The summed E-state index contributed by atoms with van der Waals surface area (Å²) >= 11 is 0. The van der Waals surface area contributed by atoms with Crippen LogP contribution in [0.3, 0.4) is 0 Å². The first-order valence-electron chi connectivity index (χ1n) is 14.1. The molecule has 14 heteroatoms. The lowest BCUT2D eigenvalue weighted by molar-refractivity contribution is -0.143. The number of carboxylic acid groups (broad SMARTS) is 3. The molecule has 0 aromatic heterocycles. The Morgan fingerprint density at radius 1 is 0.732 bits per heavy atom. The van der Waals surface area contributed by atoms with Crippen LogP contribution in [0.4, 0.5) is 0 Å². The topological polar surface area (TPSA) is 228 Å². The van der Waals surface area contributed by atoms with Gasteiger partial charge in [-0.05, 0) is 63.7 Å². The number of carboxylic acids is 3. The van der Waals surface area contributed by atoms with Gasteiger partial charge in [-0.3, -0.25) is 28.8 Å². The number of amides is 4. The lowest BCUT2D eigenvalue weighted by atomic mass is 9.81. The van der Waals surface area contributed by atoms with E-state index in [1.54, 1.807) is 6.92 Å². The van der Waals surface area contributed by atoms with E-state index in [1.165, 1.54) is 0 Å². The molecule has 4 amide bonds. The molecule has 0 aromatic rings. The van der Waals surface area contributed by atoms with Crippen LogP contribution >= 0.6 is 0 Å². The minimum Gasteiger partial charge on any atom is -0.481 e. The second kappa shape index (κ2) is 18.6. The maximum Gasteiger partial charge on any atom is 0.326 e. The third-order valence-corrected chi connectivity index (χ3v) is 7.11. The molecular weight excluding hydrogens is 540 g/mol. The number of hydrogen-bond acceptors (Lipinski definition) is 7. The first-order chi connectivity index (χ1) is 19.3. The van der Waals surface area contributed by atoms with Crippen LogP contribution in [0.2, 0.25) is 0 Å². The van der Waals surface area contributed by atoms with E-state index >= 15 is 0 Å². The zero-order chi connectivity index (χ0) is 30.9. The largest absolute Gasteiger partial charge is 0.481 e. The van der Waals surface area contributed by atoms with Crippen molar-refractivity contribution in [1.82, 2.24) is 21.3 Å². The van der Waals surface area contributed by atoms with E-state index in [4.69, 9.17) is 10.2 Å². The summed E-state index contributed by atoms with van der Waals surface area (Å²) in [5.74, 6) is -5.32. The Hall–Kier alpha value is -3.71. The van der Waals surface area contributed by atoms with Gasteiger partial charge in [-0.1, -0.05) is 6.92 Å². The number of hydrogen-bond donors (Lipinski definition) is 7. The summed E-state index contributed by atoms with van der Waals surface area (Å²) < 4.78 is 0. The zero-order valence-corrected chi connectivity index (χ0v) is 23.8. The summed E-state index contributed by atoms with van der Waals surface area (Å²) in [6.45, 7) is 4.25. The van der Waals surface area contributed by atoms with Gasteiger partial charge >= 0.3 is 17.9 Å². The molecule has 41 heavy (non-hydrogen) atoms. The molecule has 232 valence electrons. The van der Waals surface area contributed by atoms with Crippen molar-refractivity contribution in [2.75, 3.05) is 13.1 Å². The first kappa shape index (κ1) is 35.3. The molecule has 3 unspecified atom stereocenters. The van der Waals surface area contributed by atoms with Crippen molar-refractivity contribution in [3.05, 3.63) is 0 Å². The normalized spacial score (nSPS) is 18.7. The molecule has 3 atom stereocenters. The van der Waals surface area contributed by atoms with Crippen LogP contribution in [0, 0.1) is 17.8 Å². The van der Waals surface area contributed by atoms with Gasteiger partial charge in [0.2, 0.25) is 23.6 Å². The standard InChI is InChI=1S/C27H44N4O10/c1-3-28-26(39)19(10-13-24(36)37)30-21(32)11-9-20(27(40)41)31-25(38)18-7-5-17(6-8-18)15-29-22(33)14-16(2)4-12-23(34)35/h16-20H,3-15H2,1-2H3,(H,28,39)(H,29,33)(H,30,32)(H,31,38)(H,34,35)(H,36,37)(H,40,41). The van der Waals surface area contributed by atoms with Crippen LogP contribution in [-0.2, 0) is 33.6 Å². The van der Waals surface area contributed by atoms with Crippen molar-refractivity contribution in [3.8, 4) is 0 Å². The van der Waals surface area contributed by atoms with Gasteiger partial charge in [0, 0.05) is 44.7 Å². The fraction of sp³-hybridized carbons (Fsp3) is 0.741. The highest BCUT2D eigenvalue weighted by atomic mass is 16.4. The molecule has 1 saturated carbocycles. The van der Waals surface area contributed by atoms with Crippen LogP contribution in [0.15, 0.2) is 0 Å². The van der Waals surface area contributed by atoms with Crippen molar-refractivity contribution in [1.29, 1.82) is 0 Å². The fourth-order valence-corrected chi connectivity index (χ4v) is 4.67.